The Morgan fingerprint density at radius 2 is 2.05 bits per heavy atom. The van der Waals surface area contributed by atoms with Crippen LogP contribution >= 0.6 is 24.0 Å². The van der Waals surface area contributed by atoms with E-state index in [1.54, 1.807) is 18.1 Å². The monoisotopic (exact) mass is 409 g/mol. The summed E-state index contributed by atoms with van der Waals surface area (Å²) in [6, 6.07) is 0. The number of guanidine groups is 1. The molecule has 0 radical (unpaired) electrons. The van der Waals surface area contributed by atoms with Gasteiger partial charge in [-0.25, -0.2) is 4.98 Å². The van der Waals surface area contributed by atoms with Crippen molar-refractivity contribution in [2.45, 2.75) is 26.8 Å². The molecule has 0 aliphatic rings. The molecule has 21 heavy (non-hydrogen) atoms. The molecule has 0 atom stereocenters. The highest BCUT2D eigenvalue weighted by Crippen LogP contribution is 1.91. The zero-order chi connectivity index (χ0) is 14.8. The smallest absolute Gasteiger partial charge is 0.191 e. The molecule has 0 aliphatic carbocycles. The van der Waals surface area contributed by atoms with Crippen molar-refractivity contribution in [1.29, 1.82) is 0 Å². The Labute approximate surface area is 144 Å². The third-order valence-corrected chi connectivity index (χ3v) is 3.28. The predicted octanol–water partition coefficient (Wildman–Crippen LogP) is 0.830. The van der Waals surface area contributed by atoms with Gasteiger partial charge in [0.15, 0.2) is 5.96 Å². The van der Waals surface area contributed by atoms with Crippen LogP contribution in [0, 0.1) is 0 Å². The second-order valence-corrected chi connectivity index (χ2v) is 4.53. The molecule has 2 N–H and O–H groups in total. The molecule has 0 saturated heterocycles. The van der Waals surface area contributed by atoms with Gasteiger partial charge >= 0.3 is 0 Å². The van der Waals surface area contributed by atoms with E-state index < -0.39 is 0 Å². The molecule has 7 nitrogen and oxygen atoms in total. The maximum atomic E-state index is 4.20. The number of aromatic nitrogens is 3. The summed E-state index contributed by atoms with van der Waals surface area (Å²) >= 11 is 0. The number of hydrogen-bond acceptors (Lipinski definition) is 4. The number of aliphatic imine (C=N–C) groups is 1. The number of nitrogens with zero attached hydrogens (tertiary/aromatic N) is 5. The van der Waals surface area contributed by atoms with E-state index in [-0.39, 0.29) is 24.0 Å². The van der Waals surface area contributed by atoms with Crippen LogP contribution in [0.4, 0.5) is 0 Å². The van der Waals surface area contributed by atoms with E-state index in [4.69, 9.17) is 0 Å². The third-order valence-electron chi connectivity index (χ3n) is 3.28. The number of halogens is 1. The molecule has 1 heterocycles. The van der Waals surface area contributed by atoms with Crippen molar-refractivity contribution >= 4 is 29.9 Å². The summed E-state index contributed by atoms with van der Waals surface area (Å²) in [5.41, 5.74) is 0. The number of hydrogen-bond donors (Lipinski definition) is 2. The van der Waals surface area contributed by atoms with E-state index in [0.29, 0.717) is 6.54 Å². The van der Waals surface area contributed by atoms with E-state index in [2.05, 4.69) is 44.5 Å². The molecule has 1 aromatic heterocycles. The van der Waals surface area contributed by atoms with Crippen LogP contribution in [0.25, 0.3) is 0 Å². The van der Waals surface area contributed by atoms with Crippen LogP contribution in [0.1, 0.15) is 26.1 Å². The van der Waals surface area contributed by atoms with Gasteiger partial charge in [-0.2, -0.15) is 5.10 Å². The average Bonchev–Trinajstić information content (AvgIpc) is 2.87. The maximum absolute atomic E-state index is 4.20. The van der Waals surface area contributed by atoms with Crippen molar-refractivity contribution in [3.8, 4) is 0 Å². The lowest BCUT2D eigenvalue weighted by atomic mass is 10.3. The summed E-state index contributed by atoms with van der Waals surface area (Å²) in [6.45, 7) is 9.24. The minimum atomic E-state index is 0. The van der Waals surface area contributed by atoms with Crippen LogP contribution in [0.5, 0.6) is 0 Å². The lowest BCUT2D eigenvalue weighted by molar-refractivity contribution is 0.300. The van der Waals surface area contributed by atoms with Gasteiger partial charge in [0.05, 0.1) is 6.54 Å². The molecule has 0 aliphatic heterocycles. The molecule has 0 unspecified atom stereocenters. The van der Waals surface area contributed by atoms with Crippen LogP contribution < -0.4 is 10.6 Å². The first-order valence-electron chi connectivity index (χ1n) is 7.21. The zero-order valence-electron chi connectivity index (χ0n) is 13.5. The number of nitrogens with one attached hydrogen (secondary N) is 2. The van der Waals surface area contributed by atoms with Crippen LogP contribution in [0.2, 0.25) is 0 Å². The van der Waals surface area contributed by atoms with E-state index in [1.807, 2.05) is 7.05 Å². The maximum Gasteiger partial charge on any atom is 0.191 e. The molecule has 1 aromatic rings. The SMILES string of the molecule is CCN(CC)CCCNC(=NC)NCc1ncnn1C.I. The van der Waals surface area contributed by atoms with Crippen LogP contribution in [0.3, 0.4) is 0 Å². The standard InChI is InChI=1S/C13H27N7.HI/c1-5-20(6-2)9-7-8-15-13(14-3)16-10-12-17-11-18-19(12)4;/h11H,5-10H2,1-4H3,(H2,14,15,16);1H. The summed E-state index contributed by atoms with van der Waals surface area (Å²) < 4.78 is 1.75. The molecular weight excluding hydrogens is 381 g/mol. The van der Waals surface area contributed by atoms with Gasteiger partial charge in [0.1, 0.15) is 12.2 Å². The van der Waals surface area contributed by atoms with Gasteiger partial charge < -0.3 is 15.5 Å². The van der Waals surface area contributed by atoms with Crippen molar-refractivity contribution in [3.05, 3.63) is 12.2 Å². The fourth-order valence-corrected chi connectivity index (χ4v) is 1.91. The predicted molar refractivity (Wildman–Crippen MR) is 97.0 cm³/mol. The summed E-state index contributed by atoms with van der Waals surface area (Å²) in [6.07, 6.45) is 2.66. The fraction of sp³-hybridized carbons (Fsp3) is 0.769. The minimum Gasteiger partial charge on any atom is -0.356 e. The van der Waals surface area contributed by atoms with Gasteiger partial charge in [0, 0.05) is 20.6 Å². The molecule has 0 spiro atoms. The van der Waals surface area contributed by atoms with Gasteiger partial charge in [-0.05, 0) is 26.1 Å². The zero-order valence-corrected chi connectivity index (χ0v) is 15.8. The van der Waals surface area contributed by atoms with Crippen molar-refractivity contribution in [2.24, 2.45) is 12.0 Å². The molecule has 0 aromatic carbocycles. The lowest BCUT2D eigenvalue weighted by Gasteiger charge is -2.18. The van der Waals surface area contributed by atoms with E-state index in [1.165, 1.54) is 0 Å². The minimum absolute atomic E-state index is 0. The van der Waals surface area contributed by atoms with E-state index >= 15 is 0 Å². The molecule has 0 amide bonds. The first kappa shape index (κ1) is 20.1. The molecule has 1 rings (SSSR count). The largest absolute Gasteiger partial charge is 0.356 e. The lowest BCUT2D eigenvalue weighted by Crippen LogP contribution is -2.38. The van der Waals surface area contributed by atoms with Gasteiger partial charge in [0.2, 0.25) is 0 Å². The topological polar surface area (TPSA) is 70.4 Å². The second kappa shape index (κ2) is 11.7. The summed E-state index contributed by atoms with van der Waals surface area (Å²) in [4.78, 5) is 10.8. The Balaban J connectivity index is 0.00000400. The highest BCUT2D eigenvalue weighted by atomic mass is 127. The van der Waals surface area contributed by atoms with E-state index in [9.17, 15) is 0 Å². The molecular formula is C13H28IN7. The summed E-state index contributed by atoms with van der Waals surface area (Å²) in [5, 5.41) is 10.6. The summed E-state index contributed by atoms with van der Waals surface area (Å²) in [7, 11) is 3.65. The average molecular weight is 409 g/mol. The third kappa shape index (κ3) is 7.60. The molecule has 0 saturated carbocycles. The normalized spacial score (nSPS) is 11.4. The van der Waals surface area contributed by atoms with Crippen LogP contribution in [0.15, 0.2) is 11.3 Å². The summed E-state index contributed by atoms with van der Waals surface area (Å²) in [5.74, 6) is 1.68. The molecule has 0 fully saturated rings. The molecule has 0 bridgehead atoms. The van der Waals surface area contributed by atoms with Gasteiger partial charge in [-0.1, -0.05) is 13.8 Å². The van der Waals surface area contributed by atoms with Gasteiger partial charge in [0.25, 0.3) is 0 Å². The Kier molecular flexibility index (Phi) is 11.2. The van der Waals surface area contributed by atoms with Gasteiger partial charge in [-0.15, -0.1) is 24.0 Å². The Morgan fingerprint density at radius 3 is 2.57 bits per heavy atom. The van der Waals surface area contributed by atoms with Crippen LogP contribution in [-0.2, 0) is 13.6 Å². The Bertz CT molecular complexity index is 401. The number of aryl methyl sites for hydroxylation is 1. The Hall–Kier alpha value is -0.900. The second-order valence-electron chi connectivity index (χ2n) is 4.53. The van der Waals surface area contributed by atoms with Crippen LogP contribution in [-0.4, -0.2) is 58.9 Å². The molecule has 122 valence electrons. The Morgan fingerprint density at radius 1 is 1.33 bits per heavy atom. The van der Waals surface area contributed by atoms with Crippen molar-refractivity contribution in [3.63, 3.8) is 0 Å². The quantitative estimate of drug-likeness (QED) is 0.288. The van der Waals surface area contributed by atoms with E-state index in [0.717, 1.165) is 44.4 Å². The van der Waals surface area contributed by atoms with Crippen molar-refractivity contribution in [2.75, 3.05) is 33.2 Å². The highest BCUT2D eigenvalue weighted by Gasteiger charge is 2.03. The van der Waals surface area contributed by atoms with Crippen molar-refractivity contribution < 1.29 is 0 Å². The first-order valence-corrected chi connectivity index (χ1v) is 7.21. The van der Waals surface area contributed by atoms with Gasteiger partial charge in [-0.3, -0.25) is 9.67 Å². The molecule has 8 heteroatoms. The fourth-order valence-electron chi connectivity index (χ4n) is 1.91. The number of rotatable bonds is 8. The first-order chi connectivity index (χ1) is 9.71. The van der Waals surface area contributed by atoms with Crippen molar-refractivity contribution in [1.82, 2.24) is 30.3 Å². The highest BCUT2D eigenvalue weighted by molar-refractivity contribution is 14.0.